The number of piperidine rings is 1. The Labute approximate surface area is 119 Å². The molecule has 1 aromatic rings. The maximum Gasteiger partial charge on any atom is 0.220 e. The minimum absolute atomic E-state index is 0.126. The molecule has 1 fully saturated rings. The van der Waals surface area contributed by atoms with Gasteiger partial charge in [0.2, 0.25) is 5.91 Å². The number of amides is 1. The van der Waals surface area contributed by atoms with Crippen LogP contribution in [0.25, 0.3) is 0 Å². The number of hydrogen-bond acceptors (Lipinski definition) is 5. The van der Waals surface area contributed by atoms with E-state index in [2.05, 4.69) is 39.8 Å². The van der Waals surface area contributed by atoms with Gasteiger partial charge >= 0.3 is 0 Å². The molecule has 1 unspecified atom stereocenters. The zero-order valence-electron chi connectivity index (χ0n) is 12.6. The average molecular weight is 277 g/mol. The van der Waals surface area contributed by atoms with Crippen LogP contribution < -0.4 is 16.0 Å². The second-order valence-corrected chi connectivity index (χ2v) is 5.49. The lowest BCUT2D eigenvalue weighted by Gasteiger charge is -2.25. The molecule has 3 N–H and O–H groups in total. The maximum absolute atomic E-state index is 11.2. The third kappa shape index (κ3) is 3.18. The summed E-state index contributed by atoms with van der Waals surface area (Å²) in [6, 6.07) is 0.228. The molecule has 2 rings (SSSR count). The monoisotopic (exact) mass is 277 g/mol. The Morgan fingerprint density at radius 1 is 1.30 bits per heavy atom. The molecule has 1 aliphatic heterocycles. The number of nitrogens with zero attached hydrogens (tertiary/aromatic N) is 2. The van der Waals surface area contributed by atoms with Crippen molar-refractivity contribution in [2.24, 2.45) is 0 Å². The zero-order chi connectivity index (χ0) is 14.7. The van der Waals surface area contributed by atoms with E-state index < -0.39 is 0 Å². The van der Waals surface area contributed by atoms with Gasteiger partial charge in [-0.15, -0.1) is 0 Å². The first-order valence-electron chi connectivity index (χ1n) is 7.10. The van der Waals surface area contributed by atoms with Crippen LogP contribution in [0.15, 0.2) is 0 Å². The van der Waals surface area contributed by atoms with Crippen molar-refractivity contribution in [1.29, 1.82) is 0 Å². The smallest absolute Gasteiger partial charge is 0.220 e. The fourth-order valence-corrected chi connectivity index (χ4v) is 2.23. The second kappa shape index (κ2) is 6.07. The van der Waals surface area contributed by atoms with Crippen molar-refractivity contribution in [3.8, 4) is 0 Å². The van der Waals surface area contributed by atoms with Gasteiger partial charge in [0.05, 0.1) is 0 Å². The quantitative estimate of drug-likeness (QED) is 0.779. The fraction of sp³-hybridized carbons (Fsp3) is 0.643. The minimum atomic E-state index is 0.126. The number of anilines is 2. The number of aromatic nitrogens is 2. The summed E-state index contributed by atoms with van der Waals surface area (Å²) in [5.74, 6) is 2.93. The number of carbonyl (C=O) groups is 1. The SMILES string of the molecule is CNc1nc(C(C)C)nc(NC2CCC(=O)NC2)c1C. The van der Waals surface area contributed by atoms with Crippen LogP contribution in [0.4, 0.5) is 11.6 Å². The largest absolute Gasteiger partial charge is 0.373 e. The first-order valence-corrected chi connectivity index (χ1v) is 7.10. The molecular formula is C14H23N5O. The summed E-state index contributed by atoms with van der Waals surface area (Å²) >= 11 is 0. The van der Waals surface area contributed by atoms with Gasteiger partial charge in [-0.05, 0) is 13.3 Å². The van der Waals surface area contributed by atoms with Gasteiger partial charge in [-0.2, -0.15) is 0 Å². The summed E-state index contributed by atoms with van der Waals surface area (Å²) in [6.07, 6.45) is 1.40. The van der Waals surface area contributed by atoms with Gasteiger partial charge in [-0.1, -0.05) is 13.8 Å². The van der Waals surface area contributed by atoms with Crippen molar-refractivity contribution >= 4 is 17.5 Å². The normalized spacial score (nSPS) is 18.9. The van der Waals surface area contributed by atoms with Crippen LogP contribution in [-0.4, -0.2) is 35.5 Å². The van der Waals surface area contributed by atoms with Crippen molar-refractivity contribution in [3.63, 3.8) is 0 Å². The Balaban J connectivity index is 2.21. The first-order chi connectivity index (χ1) is 9.51. The van der Waals surface area contributed by atoms with Crippen LogP contribution >= 0.6 is 0 Å². The molecule has 1 saturated heterocycles. The fourth-order valence-electron chi connectivity index (χ4n) is 2.23. The predicted octanol–water partition coefficient (Wildman–Crippen LogP) is 1.64. The highest BCUT2D eigenvalue weighted by Crippen LogP contribution is 2.24. The highest BCUT2D eigenvalue weighted by atomic mass is 16.1. The van der Waals surface area contributed by atoms with E-state index in [4.69, 9.17) is 0 Å². The van der Waals surface area contributed by atoms with Gasteiger partial charge in [0.15, 0.2) is 0 Å². The summed E-state index contributed by atoms with van der Waals surface area (Å²) in [7, 11) is 1.87. The van der Waals surface area contributed by atoms with Gasteiger partial charge in [0.25, 0.3) is 0 Å². The van der Waals surface area contributed by atoms with Crippen molar-refractivity contribution in [2.45, 2.75) is 45.6 Å². The summed E-state index contributed by atoms with van der Waals surface area (Å²) < 4.78 is 0. The molecule has 0 spiro atoms. The van der Waals surface area contributed by atoms with Crippen LogP contribution in [0.3, 0.4) is 0 Å². The van der Waals surface area contributed by atoms with Crippen LogP contribution in [0.1, 0.15) is 44.0 Å². The number of hydrogen-bond donors (Lipinski definition) is 3. The van der Waals surface area contributed by atoms with E-state index in [0.717, 1.165) is 29.4 Å². The van der Waals surface area contributed by atoms with Crippen molar-refractivity contribution < 1.29 is 4.79 Å². The molecule has 1 atom stereocenters. The molecule has 20 heavy (non-hydrogen) atoms. The molecule has 0 bridgehead atoms. The molecule has 6 nitrogen and oxygen atoms in total. The molecule has 6 heteroatoms. The van der Waals surface area contributed by atoms with E-state index in [1.54, 1.807) is 0 Å². The Morgan fingerprint density at radius 2 is 2.00 bits per heavy atom. The Kier molecular flexibility index (Phi) is 4.42. The second-order valence-electron chi connectivity index (χ2n) is 5.49. The van der Waals surface area contributed by atoms with E-state index in [0.29, 0.717) is 13.0 Å². The third-order valence-corrected chi connectivity index (χ3v) is 3.52. The van der Waals surface area contributed by atoms with Gasteiger partial charge in [0.1, 0.15) is 17.5 Å². The molecule has 2 heterocycles. The van der Waals surface area contributed by atoms with E-state index in [1.165, 1.54) is 0 Å². The molecule has 1 aliphatic rings. The molecule has 0 saturated carbocycles. The standard InChI is InChI=1S/C14H23N5O/c1-8(2)12-18-13(15-4)9(3)14(19-12)17-10-5-6-11(20)16-7-10/h8,10H,5-7H2,1-4H3,(H,16,20)(H2,15,17,18,19). The average Bonchev–Trinajstić information content (AvgIpc) is 2.43. The van der Waals surface area contributed by atoms with E-state index in [1.807, 2.05) is 14.0 Å². The number of rotatable bonds is 4. The van der Waals surface area contributed by atoms with Crippen LogP contribution in [-0.2, 0) is 4.79 Å². The van der Waals surface area contributed by atoms with E-state index in [9.17, 15) is 4.79 Å². The van der Waals surface area contributed by atoms with Gasteiger partial charge in [0, 0.05) is 37.5 Å². The summed E-state index contributed by atoms with van der Waals surface area (Å²) in [5.41, 5.74) is 1.01. The lowest BCUT2D eigenvalue weighted by atomic mass is 10.1. The van der Waals surface area contributed by atoms with Crippen LogP contribution in [0.2, 0.25) is 0 Å². The van der Waals surface area contributed by atoms with Crippen molar-refractivity contribution in [1.82, 2.24) is 15.3 Å². The van der Waals surface area contributed by atoms with Crippen LogP contribution in [0.5, 0.6) is 0 Å². The number of nitrogens with one attached hydrogen (secondary N) is 3. The third-order valence-electron chi connectivity index (χ3n) is 3.52. The molecule has 110 valence electrons. The first kappa shape index (κ1) is 14.6. The Morgan fingerprint density at radius 3 is 2.55 bits per heavy atom. The van der Waals surface area contributed by atoms with Gasteiger partial charge < -0.3 is 16.0 Å². The van der Waals surface area contributed by atoms with E-state index in [-0.39, 0.29) is 17.9 Å². The maximum atomic E-state index is 11.2. The topological polar surface area (TPSA) is 78.9 Å². The molecular weight excluding hydrogens is 254 g/mol. The summed E-state index contributed by atoms with van der Waals surface area (Å²) in [4.78, 5) is 20.3. The molecule has 1 aromatic heterocycles. The van der Waals surface area contributed by atoms with Gasteiger partial charge in [-0.3, -0.25) is 4.79 Å². The molecule has 0 aromatic carbocycles. The van der Waals surface area contributed by atoms with Gasteiger partial charge in [-0.25, -0.2) is 9.97 Å². The summed E-state index contributed by atoms with van der Waals surface area (Å²) in [6.45, 7) is 6.80. The van der Waals surface area contributed by atoms with Crippen molar-refractivity contribution in [3.05, 3.63) is 11.4 Å². The summed E-state index contributed by atoms with van der Waals surface area (Å²) in [5, 5.41) is 9.43. The highest BCUT2D eigenvalue weighted by molar-refractivity contribution is 5.77. The molecule has 0 radical (unpaired) electrons. The lowest BCUT2D eigenvalue weighted by Crippen LogP contribution is -2.42. The Bertz CT molecular complexity index is 491. The van der Waals surface area contributed by atoms with E-state index >= 15 is 0 Å². The lowest BCUT2D eigenvalue weighted by molar-refractivity contribution is -0.122. The predicted molar refractivity (Wildman–Crippen MR) is 80.1 cm³/mol. The number of carbonyl (C=O) groups excluding carboxylic acids is 1. The molecule has 1 amide bonds. The minimum Gasteiger partial charge on any atom is -0.373 e. The highest BCUT2D eigenvalue weighted by Gasteiger charge is 2.20. The zero-order valence-corrected chi connectivity index (χ0v) is 12.6. The van der Waals surface area contributed by atoms with Crippen LogP contribution in [0, 0.1) is 6.92 Å². The van der Waals surface area contributed by atoms with Crippen molar-refractivity contribution in [2.75, 3.05) is 24.2 Å². The molecule has 0 aliphatic carbocycles. The Hall–Kier alpha value is -1.85.